The van der Waals surface area contributed by atoms with E-state index >= 15 is 0 Å². The maximum Gasteiger partial charge on any atom is 0.411 e. The van der Waals surface area contributed by atoms with Crippen LogP contribution in [0.15, 0.2) is 18.2 Å². The zero-order chi connectivity index (χ0) is 12.4. The lowest BCUT2D eigenvalue weighted by molar-refractivity contribution is -0.116. The molecule has 0 bridgehead atoms. The van der Waals surface area contributed by atoms with Crippen molar-refractivity contribution in [2.75, 3.05) is 23.9 Å². The summed E-state index contributed by atoms with van der Waals surface area (Å²) in [4.78, 5) is 24.2. The first-order chi connectivity index (χ1) is 8.11. The second-order valence-electron chi connectivity index (χ2n) is 3.88. The van der Waals surface area contributed by atoms with Crippen molar-refractivity contribution >= 4 is 23.4 Å². The van der Waals surface area contributed by atoms with Crippen molar-refractivity contribution in [2.45, 2.75) is 13.3 Å². The number of rotatable bonds is 1. The van der Waals surface area contributed by atoms with E-state index in [-0.39, 0.29) is 5.91 Å². The van der Waals surface area contributed by atoms with E-state index in [2.05, 4.69) is 10.1 Å². The molecule has 0 atom stereocenters. The summed E-state index contributed by atoms with van der Waals surface area (Å²) in [5.41, 5.74) is 2.62. The molecule has 0 fully saturated rings. The minimum absolute atomic E-state index is 0.0129. The van der Waals surface area contributed by atoms with Crippen LogP contribution in [-0.4, -0.2) is 25.7 Å². The Hall–Kier alpha value is -2.04. The minimum Gasteiger partial charge on any atom is -0.453 e. The summed E-state index contributed by atoms with van der Waals surface area (Å²) in [5, 5.41) is 2.58. The number of carbonyl (C=O) groups is 2. The van der Waals surface area contributed by atoms with E-state index in [4.69, 9.17) is 0 Å². The Morgan fingerprint density at radius 1 is 1.41 bits per heavy atom. The van der Waals surface area contributed by atoms with E-state index in [1.807, 2.05) is 6.07 Å². The van der Waals surface area contributed by atoms with Crippen LogP contribution >= 0.6 is 0 Å². The minimum atomic E-state index is -0.516. The van der Waals surface area contributed by atoms with E-state index in [1.165, 1.54) is 14.0 Å². The SMILES string of the molecule is COC(=O)Nc1ccc2c(c1)N(C(C)=O)CC2. The zero-order valence-electron chi connectivity index (χ0n) is 9.82. The Morgan fingerprint density at radius 2 is 2.18 bits per heavy atom. The highest BCUT2D eigenvalue weighted by atomic mass is 16.5. The van der Waals surface area contributed by atoms with Crippen molar-refractivity contribution < 1.29 is 14.3 Å². The average molecular weight is 234 g/mol. The van der Waals surface area contributed by atoms with E-state index in [9.17, 15) is 9.59 Å². The molecule has 1 aliphatic heterocycles. The third-order valence-corrected chi connectivity index (χ3v) is 2.79. The lowest BCUT2D eigenvalue weighted by Crippen LogP contribution is -2.25. The number of nitrogens with one attached hydrogen (secondary N) is 1. The van der Waals surface area contributed by atoms with Gasteiger partial charge in [-0.3, -0.25) is 10.1 Å². The third-order valence-electron chi connectivity index (χ3n) is 2.79. The standard InChI is InChI=1S/C12H14N2O3/c1-8(15)14-6-5-9-3-4-10(7-11(9)14)13-12(16)17-2/h3-4,7H,5-6H2,1-2H3,(H,13,16). The van der Waals surface area contributed by atoms with Gasteiger partial charge < -0.3 is 9.64 Å². The van der Waals surface area contributed by atoms with Gasteiger partial charge in [0.2, 0.25) is 5.91 Å². The van der Waals surface area contributed by atoms with Crippen molar-refractivity contribution in [3.05, 3.63) is 23.8 Å². The lowest BCUT2D eigenvalue weighted by Gasteiger charge is -2.15. The first-order valence-corrected chi connectivity index (χ1v) is 5.38. The van der Waals surface area contributed by atoms with Crippen LogP contribution in [0.3, 0.4) is 0 Å². The van der Waals surface area contributed by atoms with Crippen molar-refractivity contribution in [1.82, 2.24) is 0 Å². The van der Waals surface area contributed by atoms with Gasteiger partial charge in [0.05, 0.1) is 7.11 Å². The summed E-state index contributed by atoms with van der Waals surface area (Å²) in [7, 11) is 1.31. The summed E-state index contributed by atoms with van der Waals surface area (Å²) < 4.78 is 4.52. The van der Waals surface area contributed by atoms with Crippen LogP contribution in [0.1, 0.15) is 12.5 Å². The summed E-state index contributed by atoms with van der Waals surface area (Å²) >= 11 is 0. The molecule has 17 heavy (non-hydrogen) atoms. The van der Waals surface area contributed by atoms with Gasteiger partial charge in [-0.2, -0.15) is 0 Å². The molecule has 1 N–H and O–H groups in total. The molecule has 0 radical (unpaired) electrons. The number of anilines is 2. The Bertz CT molecular complexity index is 471. The van der Waals surface area contributed by atoms with Crippen LogP contribution in [0.2, 0.25) is 0 Å². The average Bonchev–Trinajstić information content (AvgIpc) is 2.71. The smallest absolute Gasteiger partial charge is 0.411 e. The first kappa shape index (κ1) is 11.4. The molecule has 90 valence electrons. The predicted octanol–water partition coefficient (Wildman–Crippen LogP) is 1.77. The van der Waals surface area contributed by atoms with Crippen molar-refractivity contribution in [2.24, 2.45) is 0 Å². The summed E-state index contributed by atoms with van der Waals surface area (Å²) in [6.45, 7) is 2.24. The molecule has 2 rings (SSSR count). The fraction of sp³-hybridized carbons (Fsp3) is 0.333. The monoisotopic (exact) mass is 234 g/mol. The molecule has 1 aliphatic rings. The molecule has 1 aromatic carbocycles. The van der Waals surface area contributed by atoms with Crippen LogP contribution in [-0.2, 0) is 16.0 Å². The number of methoxy groups -OCH3 is 1. The van der Waals surface area contributed by atoms with Crippen LogP contribution < -0.4 is 10.2 Å². The van der Waals surface area contributed by atoms with Crippen molar-refractivity contribution in [3.8, 4) is 0 Å². The van der Waals surface area contributed by atoms with Gasteiger partial charge in [0.25, 0.3) is 0 Å². The molecular weight excluding hydrogens is 220 g/mol. The lowest BCUT2D eigenvalue weighted by atomic mass is 10.1. The van der Waals surface area contributed by atoms with Crippen molar-refractivity contribution in [1.29, 1.82) is 0 Å². The molecule has 0 unspecified atom stereocenters. The number of benzene rings is 1. The Morgan fingerprint density at radius 3 is 2.82 bits per heavy atom. The molecule has 0 aromatic heterocycles. The number of hydrogen-bond donors (Lipinski definition) is 1. The maximum absolute atomic E-state index is 11.4. The van der Waals surface area contributed by atoms with Gasteiger partial charge in [0.1, 0.15) is 0 Å². The fourth-order valence-electron chi connectivity index (χ4n) is 1.95. The second kappa shape index (κ2) is 4.45. The molecule has 0 spiro atoms. The van der Waals surface area contributed by atoms with Gasteiger partial charge in [-0.15, -0.1) is 0 Å². The van der Waals surface area contributed by atoms with E-state index < -0.39 is 6.09 Å². The molecule has 0 aliphatic carbocycles. The third kappa shape index (κ3) is 2.22. The Kier molecular flexibility index (Phi) is 2.99. The number of hydrogen-bond acceptors (Lipinski definition) is 3. The van der Waals surface area contributed by atoms with Crippen molar-refractivity contribution in [3.63, 3.8) is 0 Å². The molecule has 0 saturated carbocycles. The Labute approximate surface area is 99.4 Å². The molecule has 5 heteroatoms. The normalized spacial score (nSPS) is 13.2. The van der Waals surface area contributed by atoms with Gasteiger partial charge >= 0.3 is 6.09 Å². The summed E-state index contributed by atoms with van der Waals surface area (Å²) in [5.74, 6) is 0.0129. The largest absolute Gasteiger partial charge is 0.453 e. The zero-order valence-corrected chi connectivity index (χ0v) is 9.82. The van der Waals surface area contributed by atoms with E-state index in [0.29, 0.717) is 12.2 Å². The number of amides is 2. The number of carbonyl (C=O) groups excluding carboxylic acids is 2. The molecule has 0 saturated heterocycles. The highest BCUT2D eigenvalue weighted by Gasteiger charge is 2.22. The van der Waals surface area contributed by atoms with Crippen LogP contribution in [0.5, 0.6) is 0 Å². The molecule has 2 amide bonds. The highest BCUT2D eigenvalue weighted by Crippen LogP contribution is 2.30. The second-order valence-corrected chi connectivity index (χ2v) is 3.88. The molecular formula is C12H14N2O3. The van der Waals surface area contributed by atoms with Crippen LogP contribution in [0.4, 0.5) is 16.2 Å². The molecule has 1 aromatic rings. The fourth-order valence-corrected chi connectivity index (χ4v) is 1.95. The topological polar surface area (TPSA) is 58.6 Å². The Balaban J connectivity index is 2.27. The molecule has 1 heterocycles. The number of ether oxygens (including phenoxy) is 1. The van der Waals surface area contributed by atoms with Gasteiger partial charge in [-0.1, -0.05) is 6.07 Å². The van der Waals surface area contributed by atoms with Gasteiger partial charge in [-0.25, -0.2) is 4.79 Å². The van der Waals surface area contributed by atoms with E-state index in [0.717, 1.165) is 17.7 Å². The maximum atomic E-state index is 11.4. The van der Waals surface area contributed by atoms with Crippen LogP contribution in [0.25, 0.3) is 0 Å². The highest BCUT2D eigenvalue weighted by molar-refractivity contribution is 5.95. The number of nitrogens with zero attached hydrogens (tertiary/aromatic N) is 1. The first-order valence-electron chi connectivity index (χ1n) is 5.38. The summed E-state index contributed by atoms with van der Waals surface area (Å²) in [6.07, 6.45) is 0.338. The number of fused-ring (bicyclic) bond motifs is 1. The molecule has 5 nitrogen and oxygen atoms in total. The van der Waals surface area contributed by atoms with Gasteiger partial charge in [0.15, 0.2) is 0 Å². The quantitative estimate of drug-likeness (QED) is 0.805. The van der Waals surface area contributed by atoms with Gasteiger partial charge in [0, 0.05) is 24.8 Å². The predicted molar refractivity (Wildman–Crippen MR) is 64.2 cm³/mol. The van der Waals surface area contributed by atoms with Crippen LogP contribution in [0, 0.1) is 0 Å². The summed E-state index contributed by atoms with van der Waals surface area (Å²) in [6, 6.07) is 5.52. The van der Waals surface area contributed by atoms with E-state index in [1.54, 1.807) is 17.0 Å². The van der Waals surface area contributed by atoms with Gasteiger partial charge in [-0.05, 0) is 24.1 Å².